The molecule has 0 radical (unpaired) electrons. The van der Waals surface area contributed by atoms with Crippen LogP contribution in [0.3, 0.4) is 0 Å². The summed E-state index contributed by atoms with van der Waals surface area (Å²) >= 11 is 0. The minimum absolute atomic E-state index is 0.320. The van der Waals surface area contributed by atoms with Crippen molar-refractivity contribution >= 4 is 6.09 Å². The van der Waals surface area contributed by atoms with Crippen LogP contribution in [0, 0.1) is 5.92 Å². The molecule has 0 unspecified atom stereocenters. The SMILES string of the molecule is CCCCCCCCCCCCCCOCCCNC(=O)OCC(C)C. The Morgan fingerprint density at radius 3 is 1.81 bits per heavy atom. The first-order valence-corrected chi connectivity index (χ1v) is 11.1. The molecule has 0 atom stereocenters. The number of carbonyl (C=O) groups excluding carboxylic acids is 1. The second kappa shape index (κ2) is 20.5. The van der Waals surface area contributed by atoms with Crippen LogP contribution in [0.25, 0.3) is 0 Å². The minimum Gasteiger partial charge on any atom is -0.449 e. The van der Waals surface area contributed by atoms with Gasteiger partial charge < -0.3 is 14.8 Å². The van der Waals surface area contributed by atoms with Crippen molar-refractivity contribution in [2.75, 3.05) is 26.4 Å². The molecule has 4 nitrogen and oxygen atoms in total. The van der Waals surface area contributed by atoms with Crippen LogP contribution in [0.2, 0.25) is 0 Å². The standard InChI is InChI=1S/C22H45NO3/c1-4-5-6-7-8-9-10-11-12-13-14-15-18-25-19-16-17-23-22(24)26-20-21(2)3/h21H,4-20H2,1-3H3,(H,23,24). The van der Waals surface area contributed by atoms with Crippen molar-refractivity contribution in [2.45, 2.75) is 104 Å². The lowest BCUT2D eigenvalue weighted by atomic mass is 10.1. The fourth-order valence-electron chi connectivity index (χ4n) is 2.81. The Morgan fingerprint density at radius 2 is 1.27 bits per heavy atom. The summed E-state index contributed by atoms with van der Waals surface area (Å²) in [5.74, 6) is 0.375. The van der Waals surface area contributed by atoms with E-state index in [2.05, 4.69) is 12.2 Å². The number of carbonyl (C=O) groups is 1. The largest absolute Gasteiger partial charge is 0.449 e. The summed E-state index contributed by atoms with van der Waals surface area (Å²) in [6.45, 7) is 8.97. The zero-order valence-electron chi connectivity index (χ0n) is 17.8. The monoisotopic (exact) mass is 371 g/mol. The number of nitrogens with one attached hydrogen (secondary N) is 1. The molecule has 0 aromatic heterocycles. The Hall–Kier alpha value is -0.770. The lowest BCUT2D eigenvalue weighted by Crippen LogP contribution is -2.27. The predicted octanol–water partition coefficient (Wildman–Crippen LogP) is 6.48. The molecule has 0 fully saturated rings. The maximum atomic E-state index is 11.3. The Balaban J connectivity index is 3.08. The van der Waals surface area contributed by atoms with Crippen molar-refractivity contribution in [1.82, 2.24) is 5.32 Å². The van der Waals surface area contributed by atoms with Gasteiger partial charge in [-0.05, 0) is 18.8 Å². The maximum absolute atomic E-state index is 11.3. The van der Waals surface area contributed by atoms with Gasteiger partial charge in [-0.3, -0.25) is 0 Å². The quantitative estimate of drug-likeness (QED) is 0.264. The highest BCUT2D eigenvalue weighted by Crippen LogP contribution is 2.11. The Kier molecular flexibility index (Phi) is 19.9. The number of rotatable bonds is 19. The third-order valence-electron chi connectivity index (χ3n) is 4.42. The normalized spacial score (nSPS) is 11.1. The molecular formula is C22H45NO3. The smallest absolute Gasteiger partial charge is 0.407 e. The molecule has 0 aliphatic heterocycles. The van der Waals surface area contributed by atoms with Crippen LogP contribution >= 0.6 is 0 Å². The average molecular weight is 372 g/mol. The van der Waals surface area contributed by atoms with Gasteiger partial charge in [-0.25, -0.2) is 4.79 Å². The third kappa shape index (κ3) is 21.3. The Morgan fingerprint density at radius 1 is 0.769 bits per heavy atom. The summed E-state index contributed by atoms with van der Waals surface area (Å²) in [6, 6.07) is 0. The zero-order chi connectivity index (χ0) is 19.3. The zero-order valence-corrected chi connectivity index (χ0v) is 17.8. The van der Waals surface area contributed by atoms with Crippen molar-refractivity contribution < 1.29 is 14.3 Å². The first kappa shape index (κ1) is 25.2. The molecule has 0 heterocycles. The molecule has 0 aromatic carbocycles. The van der Waals surface area contributed by atoms with Crippen LogP contribution in [0.15, 0.2) is 0 Å². The summed E-state index contributed by atoms with van der Waals surface area (Å²) in [5, 5.41) is 2.75. The number of unbranched alkanes of at least 4 members (excludes halogenated alkanes) is 11. The highest BCUT2D eigenvalue weighted by molar-refractivity contribution is 5.66. The number of ether oxygens (including phenoxy) is 2. The molecule has 0 saturated heterocycles. The summed E-state index contributed by atoms with van der Waals surface area (Å²) < 4.78 is 10.7. The fraction of sp³-hybridized carbons (Fsp3) is 0.955. The summed E-state index contributed by atoms with van der Waals surface area (Å²) in [5.41, 5.74) is 0. The van der Waals surface area contributed by atoms with Gasteiger partial charge in [0.2, 0.25) is 0 Å². The van der Waals surface area contributed by atoms with Crippen molar-refractivity contribution in [3.63, 3.8) is 0 Å². The predicted molar refractivity (Wildman–Crippen MR) is 111 cm³/mol. The number of alkyl carbamates (subject to hydrolysis) is 1. The minimum atomic E-state index is -0.320. The molecule has 0 aliphatic rings. The molecule has 26 heavy (non-hydrogen) atoms. The Labute approximate surface area is 162 Å². The lowest BCUT2D eigenvalue weighted by molar-refractivity contribution is 0.120. The lowest BCUT2D eigenvalue weighted by Gasteiger charge is -2.09. The van der Waals surface area contributed by atoms with Crippen molar-refractivity contribution in [3.05, 3.63) is 0 Å². The van der Waals surface area contributed by atoms with Gasteiger partial charge in [-0.2, -0.15) is 0 Å². The molecule has 0 rings (SSSR count). The number of hydrogen-bond donors (Lipinski definition) is 1. The first-order chi connectivity index (χ1) is 12.7. The maximum Gasteiger partial charge on any atom is 0.407 e. The molecule has 0 saturated carbocycles. The van der Waals surface area contributed by atoms with Crippen molar-refractivity contribution in [3.8, 4) is 0 Å². The summed E-state index contributed by atoms with van der Waals surface area (Å²) in [6.07, 6.45) is 16.9. The van der Waals surface area contributed by atoms with Crippen LogP contribution in [0.5, 0.6) is 0 Å². The highest BCUT2D eigenvalue weighted by Gasteiger charge is 2.02. The molecule has 0 bridgehead atoms. The average Bonchev–Trinajstić information content (AvgIpc) is 2.62. The van der Waals surface area contributed by atoms with E-state index in [4.69, 9.17) is 9.47 Å². The van der Waals surface area contributed by atoms with Gasteiger partial charge in [0.05, 0.1) is 6.61 Å². The van der Waals surface area contributed by atoms with E-state index in [0.717, 1.165) is 19.4 Å². The van der Waals surface area contributed by atoms with E-state index in [-0.39, 0.29) is 6.09 Å². The highest BCUT2D eigenvalue weighted by atomic mass is 16.5. The molecule has 4 heteroatoms. The Bertz CT molecular complexity index is 295. The van der Waals surface area contributed by atoms with Crippen LogP contribution in [0.4, 0.5) is 4.79 Å². The van der Waals surface area contributed by atoms with E-state index in [1.54, 1.807) is 0 Å². The van der Waals surface area contributed by atoms with E-state index in [9.17, 15) is 4.79 Å². The second-order valence-corrected chi connectivity index (χ2v) is 7.77. The van der Waals surface area contributed by atoms with Gasteiger partial charge in [0.1, 0.15) is 0 Å². The molecule has 0 spiro atoms. The molecule has 1 amide bonds. The fourth-order valence-corrected chi connectivity index (χ4v) is 2.81. The van der Waals surface area contributed by atoms with E-state index >= 15 is 0 Å². The van der Waals surface area contributed by atoms with E-state index in [0.29, 0.717) is 25.7 Å². The van der Waals surface area contributed by atoms with Gasteiger partial charge in [0, 0.05) is 19.8 Å². The molecular weight excluding hydrogens is 326 g/mol. The molecule has 156 valence electrons. The van der Waals surface area contributed by atoms with Gasteiger partial charge >= 0.3 is 6.09 Å². The molecule has 0 aliphatic carbocycles. The van der Waals surface area contributed by atoms with Crippen LogP contribution < -0.4 is 5.32 Å². The first-order valence-electron chi connectivity index (χ1n) is 11.1. The van der Waals surface area contributed by atoms with Gasteiger partial charge in [-0.15, -0.1) is 0 Å². The van der Waals surface area contributed by atoms with E-state index < -0.39 is 0 Å². The van der Waals surface area contributed by atoms with Crippen LogP contribution in [0.1, 0.15) is 104 Å². The van der Waals surface area contributed by atoms with Crippen LogP contribution in [-0.2, 0) is 9.47 Å². The topological polar surface area (TPSA) is 47.6 Å². The third-order valence-corrected chi connectivity index (χ3v) is 4.42. The van der Waals surface area contributed by atoms with Gasteiger partial charge in [0.25, 0.3) is 0 Å². The van der Waals surface area contributed by atoms with Gasteiger partial charge in [0.15, 0.2) is 0 Å². The van der Waals surface area contributed by atoms with E-state index in [1.807, 2.05) is 13.8 Å². The molecule has 0 aromatic rings. The summed E-state index contributed by atoms with van der Waals surface area (Å²) in [7, 11) is 0. The number of amides is 1. The molecule has 1 N–H and O–H groups in total. The van der Waals surface area contributed by atoms with Crippen molar-refractivity contribution in [1.29, 1.82) is 0 Å². The number of hydrogen-bond acceptors (Lipinski definition) is 3. The van der Waals surface area contributed by atoms with Crippen molar-refractivity contribution in [2.24, 2.45) is 5.92 Å². The summed E-state index contributed by atoms with van der Waals surface area (Å²) in [4.78, 5) is 11.3. The van der Waals surface area contributed by atoms with E-state index in [1.165, 1.54) is 70.6 Å². The van der Waals surface area contributed by atoms with Gasteiger partial charge in [-0.1, -0.05) is 91.4 Å². The second-order valence-electron chi connectivity index (χ2n) is 7.77. The van der Waals surface area contributed by atoms with Crippen LogP contribution in [-0.4, -0.2) is 32.5 Å².